The molecule has 4 fully saturated rings. The van der Waals surface area contributed by atoms with Crippen LogP contribution < -0.4 is 4.90 Å². The van der Waals surface area contributed by atoms with Crippen molar-refractivity contribution in [1.29, 1.82) is 0 Å². The normalized spacial score (nSPS) is 44.2. The van der Waals surface area contributed by atoms with Gasteiger partial charge in [-0.15, -0.1) is 0 Å². The summed E-state index contributed by atoms with van der Waals surface area (Å²) in [6.45, 7) is 0. The van der Waals surface area contributed by atoms with Gasteiger partial charge in [0.1, 0.15) is 0 Å². The van der Waals surface area contributed by atoms with Crippen LogP contribution in [0.4, 0.5) is 5.69 Å². The van der Waals surface area contributed by atoms with Gasteiger partial charge < -0.3 is 4.74 Å². The van der Waals surface area contributed by atoms with Crippen LogP contribution in [0.25, 0.3) is 0 Å². The fourth-order valence-corrected chi connectivity index (χ4v) is 7.09. The van der Waals surface area contributed by atoms with Crippen LogP contribution in [0.5, 0.6) is 0 Å². The lowest BCUT2D eigenvalue weighted by Gasteiger charge is -2.26. The first kappa shape index (κ1) is 13.3. The van der Waals surface area contributed by atoms with Crippen molar-refractivity contribution >= 4 is 17.5 Å². The molecule has 4 bridgehead atoms. The molecule has 1 aromatic carbocycles. The molecule has 6 atom stereocenters. The van der Waals surface area contributed by atoms with E-state index in [1.165, 1.54) is 41.7 Å². The standard InChI is InChI=1S/C21H19NO3/c23-19-15-16(20(24)22(19)10-4-2-1-3-5-10)18-14-12-7-6-11(21(12)8-9-21)13(14)17(15)25-18/h1-5,11-12,15-18H,6-9H2/t11-,12-,15-,16+,17+,18+/m1/s1. The Hall–Kier alpha value is -1.94. The highest BCUT2D eigenvalue weighted by Gasteiger charge is 2.75. The number of para-hydroxylation sites is 1. The molecule has 4 nitrogen and oxygen atoms in total. The third kappa shape index (κ3) is 1.26. The smallest absolute Gasteiger partial charge is 0.240 e. The predicted molar refractivity (Wildman–Crippen MR) is 89.5 cm³/mol. The summed E-state index contributed by atoms with van der Waals surface area (Å²) in [7, 11) is 0. The molecule has 0 aromatic heterocycles. The van der Waals surface area contributed by atoms with Gasteiger partial charge in [-0.05, 0) is 66.2 Å². The third-order valence-corrected chi connectivity index (χ3v) is 8.01. The SMILES string of the molecule is O=C1[C@@H]2[C@H](C(=O)N1c1ccccc1)[C@H]1O[C@H]2C2=C1[C@H]1CC[C@H]2C12CC2. The van der Waals surface area contributed by atoms with Crippen molar-refractivity contribution in [2.75, 3.05) is 4.90 Å². The fraction of sp³-hybridized carbons (Fsp3) is 0.524. The number of carbonyl (C=O) groups is 2. The summed E-state index contributed by atoms with van der Waals surface area (Å²) in [4.78, 5) is 27.7. The first-order valence-electron chi connectivity index (χ1n) is 9.54. The summed E-state index contributed by atoms with van der Waals surface area (Å²) in [5.74, 6) is 0.605. The minimum atomic E-state index is -0.286. The van der Waals surface area contributed by atoms with Gasteiger partial charge >= 0.3 is 0 Å². The van der Waals surface area contributed by atoms with Crippen LogP contribution >= 0.6 is 0 Å². The largest absolute Gasteiger partial charge is 0.365 e. The molecule has 25 heavy (non-hydrogen) atoms. The van der Waals surface area contributed by atoms with E-state index in [1.807, 2.05) is 30.3 Å². The average molecular weight is 333 g/mol. The van der Waals surface area contributed by atoms with Gasteiger partial charge in [0.2, 0.25) is 11.8 Å². The lowest BCUT2D eigenvalue weighted by molar-refractivity contribution is -0.124. The Morgan fingerprint density at radius 1 is 0.880 bits per heavy atom. The number of rotatable bonds is 1. The van der Waals surface area contributed by atoms with E-state index in [0.29, 0.717) is 22.9 Å². The quantitative estimate of drug-likeness (QED) is 0.586. The molecule has 2 amide bonds. The predicted octanol–water partition coefficient (Wildman–Crippen LogP) is 2.69. The summed E-state index contributed by atoms with van der Waals surface area (Å²) in [6.07, 6.45) is 4.95. The molecule has 0 unspecified atom stereocenters. The van der Waals surface area contributed by atoms with E-state index in [9.17, 15) is 9.59 Å². The molecule has 3 aliphatic heterocycles. The molecule has 1 spiro atoms. The Morgan fingerprint density at radius 2 is 1.44 bits per heavy atom. The van der Waals surface area contributed by atoms with E-state index < -0.39 is 0 Å². The van der Waals surface area contributed by atoms with Gasteiger partial charge in [-0.3, -0.25) is 9.59 Å². The van der Waals surface area contributed by atoms with Crippen LogP contribution in [0.15, 0.2) is 41.5 Å². The minimum Gasteiger partial charge on any atom is -0.365 e. The monoisotopic (exact) mass is 333 g/mol. The lowest BCUT2D eigenvalue weighted by atomic mass is 9.72. The average Bonchev–Trinajstić information content (AvgIpc) is 2.88. The molecule has 3 aliphatic carbocycles. The van der Waals surface area contributed by atoms with Crippen molar-refractivity contribution in [3.8, 4) is 0 Å². The molecular formula is C21H19NO3. The van der Waals surface area contributed by atoms with Crippen molar-refractivity contribution in [3.63, 3.8) is 0 Å². The first-order chi connectivity index (χ1) is 12.2. The van der Waals surface area contributed by atoms with Crippen LogP contribution in [0.2, 0.25) is 0 Å². The van der Waals surface area contributed by atoms with Gasteiger partial charge in [0.25, 0.3) is 0 Å². The molecule has 2 saturated carbocycles. The maximum absolute atomic E-state index is 13.2. The Balaban J connectivity index is 1.33. The van der Waals surface area contributed by atoms with Gasteiger partial charge in [-0.25, -0.2) is 4.90 Å². The van der Waals surface area contributed by atoms with E-state index in [1.54, 1.807) is 0 Å². The van der Waals surface area contributed by atoms with Gasteiger partial charge in [0, 0.05) is 0 Å². The van der Waals surface area contributed by atoms with Gasteiger partial charge in [0.05, 0.1) is 29.7 Å². The zero-order chi connectivity index (χ0) is 16.5. The van der Waals surface area contributed by atoms with E-state index in [4.69, 9.17) is 4.74 Å². The van der Waals surface area contributed by atoms with Gasteiger partial charge in [-0.2, -0.15) is 0 Å². The van der Waals surface area contributed by atoms with Gasteiger partial charge in [-0.1, -0.05) is 18.2 Å². The first-order valence-corrected chi connectivity index (χ1v) is 9.54. The van der Waals surface area contributed by atoms with Crippen molar-refractivity contribution in [1.82, 2.24) is 0 Å². The third-order valence-electron chi connectivity index (χ3n) is 8.01. The number of nitrogens with zero attached hydrogens (tertiary/aromatic N) is 1. The lowest BCUT2D eigenvalue weighted by Crippen LogP contribution is -2.35. The summed E-state index contributed by atoms with van der Waals surface area (Å²) in [5, 5.41) is 0. The Bertz CT molecular complexity index is 836. The zero-order valence-electron chi connectivity index (χ0n) is 13.9. The number of hydrogen-bond donors (Lipinski definition) is 0. The van der Waals surface area contributed by atoms with Crippen LogP contribution in [0.3, 0.4) is 0 Å². The molecular weight excluding hydrogens is 314 g/mol. The Kier molecular flexibility index (Phi) is 2.08. The molecule has 7 rings (SSSR count). The highest BCUT2D eigenvalue weighted by atomic mass is 16.5. The molecule has 126 valence electrons. The maximum atomic E-state index is 13.2. The number of ether oxygens (including phenoxy) is 1. The van der Waals surface area contributed by atoms with Crippen LogP contribution in [0, 0.1) is 29.1 Å². The molecule has 0 N–H and O–H groups in total. The van der Waals surface area contributed by atoms with Crippen molar-refractivity contribution < 1.29 is 14.3 Å². The number of hydrogen-bond acceptors (Lipinski definition) is 3. The van der Waals surface area contributed by atoms with Crippen molar-refractivity contribution in [2.45, 2.75) is 37.9 Å². The molecule has 0 radical (unpaired) electrons. The number of benzene rings is 1. The van der Waals surface area contributed by atoms with Crippen molar-refractivity contribution in [2.24, 2.45) is 29.1 Å². The number of anilines is 1. The summed E-state index contributed by atoms with van der Waals surface area (Å²) in [5.41, 5.74) is 4.12. The Morgan fingerprint density at radius 3 is 1.96 bits per heavy atom. The summed E-state index contributed by atoms with van der Waals surface area (Å²) >= 11 is 0. The molecule has 2 saturated heterocycles. The second kappa shape index (κ2) is 3.90. The number of carbonyl (C=O) groups excluding carboxylic acids is 2. The number of fused-ring (bicyclic) bond motifs is 9. The molecule has 1 aromatic rings. The van der Waals surface area contributed by atoms with Crippen LogP contribution in [0.1, 0.15) is 25.7 Å². The number of imide groups is 1. The summed E-state index contributed by atoms with van der Waals surface area (Å²) in [6, 6.07) is 9.37. The van der Waals surface area contributed by atoms with E-state index in [-0.39, 0.29) is 35.9 Å². The maximum Gasteiger partial charge on any atom is 0.240 e. The Labute approximate surface area is 145 Å². The summed E-state index contributed by atoms with van der Waals surface area (Å²) < 4.78 is 6.29. The molecule has 3 heterocycles. The molecule has 6 aliphatic rings. The second-order valence-electron chi connectivity index (χ2n) is 8.70. The highest BCUT2D eigenvalue weighted by Crippen LogP contribution is 2.77. The second-order valence-corrected chi connectivity index (χ2v) is 8.70. The van der Waals surface area contributed by atoms with Gasteiger partial charge in [0.15, 0.2) is 0 Å². The van der Waals surface area contributed by atoms with E-state index in [2.05, 4.69) is 0 Å². The topological polar surface area (TPSA) is 46.6 Å². The zero-order valence-corrected chi connectivity index (χ0v) is 13.9. The van der Waals surface area contributed by atoms with Crippen molar-refractivity contribution in [3.05, 3.63) is 41.5 Å². The molecule has 4 heteroatoms. The van der Waals surface area contributed by atoms with E-state index >= 15 is 0 Å². The van der Waals surface area contributed by atoms with Crippen LogP contribution in [-0.4, -0.2) is 24.0 Å². The number of amides is 2. The minimum absolute atomic E-state index is 0.0483. The highest BCUT2D eigenvalue weighted by molar-refractivity contribution is 6.23. The van der Waals surface area contributed by atoms with E-state index in [0.717, 1.165) is 0 Å². The fourth-order valence-electron chi connectivity index (χ4n) is 7.09. The van der Waals surface area contributed by atoms with Crippen LogP contribution in [-0.2, 0) is 14.3 Å².